The fraction of sp³-hybridized carbons (Fsp3) is 0.455. The van der Waals surface area contributed by atoms with Crippen LogP contribution in [0, 0.1) is 0 Å². The van der Waals surface area contributed by atoms with Crippen molar-refractivity contribution in [2.45, 2.75) is 25.9 Å². The lowest BCUT2D eigenvalue weighted by Gasteiger charge is -2.13. The van der Waals surface area contributed by atoms with Gasteiger partial charge in [0.1, 0.15) is 11.8 Å². The lowest BCUT2D eigenvalue weighted by Crippen LogP contribution is -2.41. The van der Waals surface area contributed by atoms with E-state index in [1.165, 1.54) is 13.2 Å². The molecule has 0 bridgehead atoms. The number of hydrogen-bond acceptors (Lipinski definition) is 4. The van der Waals surface area contributed by atoms with Crippen LogP contribution in [0.2, 0.25) is 0 Å². The van der Waals surface area contributed by atoms with E-state index in [1.807, 2.05) is 0 Å². The Morgan fingerprint density at radius 2 is 2.18 bits per heavy atom. The number of carboxylic acid groups (broad SMARTS) is 1. The van der Waals surface area contributed by atoms with E-state index in [9.17, 15) is 9.59 Å². The van der Waals surface area contributed by atoms with Crippen molar-refractivity contribution in [3.8, 4) is 0 Å². The molecule has 1 aromatic heterocycles. The largest absolute Gasteiger partial charge is 0.480 e. The van der Waals surface area contributed by atoms with Crippen LogP contribution >= 0.6 is 0 Å². The Bertz CT molecular complexity index is 375. The summed E-state index contributed by atoms with van der Waals surface area (Å²) in [4.78, 5) is 22.0. The average molecular weight is 240 g/mol. The van der Waals surface area contributed by atoms with Gasteiger partial charge in [-0.2, -0.15) is 0 Å². The van der Waals surface area contributed by atoms with Gasteiger partial charge in [-0.15, -0.1) is 0 Å². The lowest BCUT2D eigenvalue weighted by molar-refractivity contribution is -0.139. The van der Waals surface area contributed by atoms with Crippen LogP contribution in [0.5, 0.6) is 0 Å². The van der Waals surface area contributed by atoms with E-state index in [0.29, 0.717) is 5.76 Å². The fourth-order valence-corrected chi connectivity index (χ4v) is 1.23. The Hall–Kier alpha value is -1.82. The van der Waals surface area contributed by atoms with Crippen molar-refractivity contribution in [3.05, 3.63) is 24.2 Å². The number of nitrogens with one attached hydrogen (secondary N) is 2. The van der Waals surface area contributed by atoms with Crippen LogP contribution in [-0.2, 0) is 9.59 Å². The second kappa shape index (κ2) is 6.05. The number of furan rings is 1. The molecule has 0 saturated carbocycles. The van der Waals surface area contributed by atoms with Gasteiger partial charge in [-0.3, -0.25) is 14.9 Å². The normalized spacial score (nSPS) is 14.0. The van der Waals surface area contributed by atoms with Crippen LogP contribution < -0.4 is 10.6 Å². The predicted octanol–water partition coefficient (Wildman–Crippen LogP) is 0.520. The molecule has 3 N–H and O–H groups in total. The van der Waals surface area contributed by atoms with Crippen LogP contribution in [0.3, 0.4) is 0 Å². The Labute approximate surface area is 99.0 Å². The first-order valence-electron chi connectivity index (χ1n) is 5.29. The summed E-state index contributed by atoms with van der Waals surface area (Å²) < 4.78 is 5.13. The SMILES string of the molecule is CC(NC(=O)CN[C@H](C)C(=O)O)c1ccco1. The molecule has 2 atom stereocenters. The topological polar surface area (TPSA) is 91.6 Å². The molecule has 0 aliphatic heterocycles. The van der Waals surface area contributed by atoms with Crippen molar-refractivity contribution in [1.82, 2.24) is 10.6 Å². The second-order valence-corrected chi connectivity index (χ2v) is 3.75. The fourth-order valence-electron chi connectivity index (χ4n) is 1.23. The predicted molar refractivity (Wildman–Crippen MR) is 60.4 cm³/mol. The van der Waals surface area contributed by atoms with Gasteiger partial charge in [-0.1, -0.05) is 0 Å². The molecular formula is C11H16N2O4. The van der Waals surface area contributed by atoms with Gasteiger partial charge in [0, 0.05) is 0 Å². The maximum atomic E-state index is 11.5. The van der Waals surface area contributed by atoms with Crippen LogP contribution in [0.25, 0.3) is 0 Å². The van der Waals surface area contributed by atoms with E-state index >= 15 is 0 Å². The standard InChI is InChI=1S/C11H16N2O4/c1-7(9-4-3-5-17-9)13-10(14)6-12-8(2)11(15)16/h3-5,7-8,12H,6H2,1-2H3,(H,13,14)(H,15,16)/t7?,8-/m1/s1. The third kappa shape index (κ3) is 4.28. The molecule has 1 aromatic rings. The van der Waals surface area contributed by atoms with Crippen LogP contribution in [0.4, 0.5) is 0 Å². The molecule has 1 heterocycles. The third-order valence-corrected chi connectivity index (χ3v) is 2.29. The second-order valence-electron chi connectivity index (χ2n) is 3.75. The van der Waals surface area contributed by atoms with Gasteiger partial charge in [0.05, 0.1) is 18.8 Å². The number of carboxylic acids is 1. The van der Waals surface area contributed by atoms with Gasteiger partial charge in [0.25, 0.3) is 0 Å². The van der Waals surface area contributed by atoms with Crippen LogP contribution in [0.15, 0.2) is 22.8 Å². The lowest BCUT2D eigenvalue weighted by atomic mass is 10.2. The summed E-state index contributed by atoms with van der Waals surface area (Å²) >= 11 is 0. The summed E-state index contributed by atoms with van der Waals surface area (Å²) in [6.07, 6.45) is 1.53. The van der Waals surface area contributed by atoms with Gasteiger partial charge >= 0.3 is 5.97 Å². The van der Waals surface area contributed by atoms with Crippen LogP contribution in [-0.4, -0.2) is 29.6 Å². The summed E-state index contributed by atoms with van der Waals surface area (Å²) in [5.74, 6) is -0.608. The highest BCUT2D eigenvalue weighted by Gasteiger charge is 2.14. The van der Waals surface area contributed by atoms with Gasteiger partial charge in [-0.25, -0.2) is 0 Å². The molecule has 6 heteroatoms. The highest BCUT2D eigenvalue weighted by Crippen LogP contribution is 2.11. The highest BCUT2D eigenvalue weighted by molar-refractivity contribution is 5.80. The Kier molecular flexibility index (Phi) is 4.71. The molecule has 94 valence electrons. The summed E-state index contributed by atoms with van der Waals surface area (Å²) in [7, 11) is 0. The van der Waals surface area contributed by atoms with Crippen molar-refractivity contribution in [1.29, 1.82) is 0 Å². The third-order valence-electron chi connectivity index (χ3n) is 2.29. The number of aliphatic carboxylic acids is 1. The molecule has 1 unspecified atom stereocenters. The molecule has 0 fully saturated rings. The highest BCUT2D eigenvalue weighted by atomic mass is 16.4. The molecule has 0 aromatic carbocycles. The van der Waals surface area contributed by atoms with Crippen molar-refractivity contribution >= 4 is 11.9 Å². The first-order valence-corrected chi connectivity index (χ1v) is 5.29. The van der Waals surface area contributed by atoms with Crippen LogP contribution in [0.1, 0.15) is 25.6 Å². The van der Waals surface area contributed by atoms with Gasteiger partial charge < -0.3 is 14.8 Å². The first-order chi connectivity index (χ1) is 8.00. The van der Waals surface area contributed by atoms with E-state index in [0.717, 1.165) is 0 Å². The van der Waals surface area contributed by atoms with Crippen molar-refractivity contribution in [2.75, 3.05) is 6.54 Å². The van der Waals surface area contributed by atoms with E-state index in [2.05, 4.69) is 10.6 Å². The minimum atomic E-state index is -0.989. The zero-order valence-electron chi connectivity index (χ0n) is 9.77. The van der Waals surface area contributed by atoms with Crippen molar-refractivity contribution in [3.63, 3.8) is 0 Å². The maximum Gasteiger partial charge on any atom is 0.320 e. The molecule has 1 rings (SSSR count). The van der Waals surface area contributed by atoms with E-state index < -0.39 is 12.0 Å². The monoisotopic (exact) mass is 240 g/mol. The first kappa shape index (κ1) is 13.2. The smallest absolute Gasteiger partial charge is 0.320 e. The quantitative estimate of drug-likeness (QED) is 0.674. The van der Waals surface area contributed by atoms with Gasteiger partial charge in [0.15, 0.2) is 0 Å². The molecule has 0 radical (unpaired) electrons. The zero-order chi connectivity index (χ0) is 12.8. The Balaban J connectivity index is 2.32. The molecule has 0 aliphatic rings. The summed E-state index contributed by atoms with van der Waals surface area (Å²) in [5, 5.41) is 13.9. The minimum absolute atomic E-state index is 0.0431. The molecular weight excluding hydrogens is 224 g/mol. The van der Waals surface area contributed by atoms with Gasteiger partial charge in [0.2, 0.25) is 5.91 Å². The maximum absolute atomic E-state index is 11.5. The number of amides is 1. The van der Waals surface area contributed by atoms with E-state index in [-0.39, 0.29) is 18.5 Å². The number of carbonyl (C=O) groups is 2. The Morgan fingerprint density at radius 1 is 1.47 bits per heavy atom. The Morgan fingerprint density at radius 3 is 2.71 bits per heavy atom. The number of hydrogen-bond donors (Lipinski definition) is 3. The van der Waals surface area contributed by atoms with Crippen molar-refractivity contribution < 1.29 is 19.1 Å². The molecule has 6 nitrogen and oxygen atoms in total. The van der Waals surface area contributed by atoms with Crippen molar-refractivity contribution in [2.24, 2.45) is 0 Å². The molecule has 0 aliphatic carbocycles. The minimum Gasteiger partial charge on any atom is -0.480 e. The molecule has 1 amide bonds. The molecule has 17 heavy (non-hydrogen) atoms. The number of carbonyl (C=O) groups excluding carboxylic acids is 1. The zero-order valence-corrected chi connectivity index (χ0v) is 9.77. The molecule has 0 saturated heterocycles. The summed E-state index contributed by atoms with van der Waals surface area (Å²) in [5.41, 5.74) is 0. The average Bonchev–Trinajstić information content (AvgIpc) is 2.78. The summed E-state index contributed by atoms with van der Waals surface area (Å²) in [6.45, 7) is 3.22. The van der Waals surface area contributed by atoms with E-state index in [1.54, 1.807) is 19.1 Å². The summed E-state index contributed by atoms with van der Waals surface area (Å²) in [6, 6.07) is 2.51. The number of rotatable bonds is 6. The van der Waals surface area contributed by atoms with E-state index in [4.69, 9.17) is 9.52 Å². The van der Waals surface area contributed by atoms with Gasteiger partial charge in [-0.05, 0) is 26.0 Å². The molecule has 0 spiro atoms.